The molecule has 1 aliphatic rings. The molecule has 5 heteroatoms. The molecule has 2 amide bonds. The molecular formula is C22H33N3O2. The van der Waals surface area contributed by atoms with E-state index in [1.807, 2.05) is 39.8 Å². The van der Waals surface area contributed by atoms with Crippen LogP contribution in [-0.2, 0) is 9.59 Å². The van der Waals surface area contributed by atoms with E-state index >= 15 is 0 Å². The van der Waals surface area contributed by atoms with Crippen molar-refractivity contribution in [2.45, 2.75) is 53.0 Å². The number of hydrogen-bond donors (Lipinski definition) is 1. The number of likely N-dealkylation sites (tertiary alicyclic amines) is 1. The number of nitrogens with one attached hydrogen (secondary N) is 1. The van der Waals surface area contributed by atoms with Gasteiger partial charge in [0.15, 0.2) is 0 Å². The number of allylic oxidation sites excluding steroid dienone is 4. The minimum Gasteiger partial charge on any atom is -0.350 e. The van der Waals surface area contributed by atoms with Crippen LogP contribution in [0.3, 0.4) is 0 Å². The molecule has 148 valence electrons. The molecule has 0 aromatic heterocycles. The topological polar surface area (TPSA) is 61.8 Å². The summed E-state index contributed by atoms with van der Waals surface area (Å²) in [6.45, 7) is 20.2. The van der Waals surface area contributed by atoms with Crippen LogP contribution in [0, 0.1) is 5.92 Å². The van der Waals surface area contributed by atoms with Gasteiger partial charge >= 0.3 is 0 Å². The lowest BCUT2D eigenvalue weighted by Gasteiger charge is -2.26. The van der Waals surface area contributed by atoms with Crippen LogP contribution in [0.1, 0.15) is 47.0 Å². The van der Waals surface area contributed by atoms with Gasteiger partial charge in [-0.2, -0.15) is 0 Å². The molecule has 0 aliphatic carbocycles. The molecule has 0 aromatic carbocycles. The van der Waals surface area contributed by atoms with E-state index < -0.39 is 0 Å². The van der Waals surface area contributed by atoms with E-state index in [0.717, 1.165) is 35.3 Å². The second-order valence-corrected chi connectivity index (χ2v) is 7.10. The Morgan fingerprint density at radius 2 is 1.96 bits per heavy atom. The number of nitrogens with zero attached hydrogens (tertiary/aromatic N) is 2. The second kappa shape index (κ2) is 10.7. The maximum absolute atomic E-state index is 12.5. The van der Waals surface area contributed by atoms with Crippen LogP contribution in [0.4, 0.5) is 0 Å². The van der Waals surface area contributed by atoms with Gasteiger partial charge in [-0.25, -0.2) is 0 Å². The number of carbonyl (C=O) groups is 2. The fourth-order valence-electron chi connectivity index (χ4n) is 2.83. The molecule has 2 atom stereocenters. The summed E-state index contributed by atoms with van der Waals surface area (Å²) in [6, 6.07) is -0.371. The fraction of sp³-hybridized carbons (Fsp3) is 0.500. The van der Waals surface area contributed by atoms with Gasteiger partial charge in [-0.05, 0) is 56.5 Å². The van der Waals surface area contributed by atoms with Gasteiger partial charge in [0.2, 0.25) is 11.8 Å². The summed E-state index contributed by atoms with van der Waals surface area (Å²) in [4.78, 5) is 30.6. The molecule has 0 saturated carbocycles. The maximum Gasteiger partial charge on any atom is 0.243 e. The third kappa shape index (κ3) is 6.35. The second-order valence-electron chi connectivity index (χ2n) is 7.10. The van der Waals surface area contributed by atoms with Crippen molar-refractivity contribution < 1.29 is 9.59 Å². The molecule has 5 nitrogen and oxygen atoms in total. The number of carbonyl (C=O) groups excluding carboxylic acids is 2. The highest BCUT2D eigenvalue weighted by atomic mass is 16.2. The van der Waals surface area contributed by atoms with Gasteiger partial charge in [-0.15, -0.1) is 0 Å². The molecule has 0 aromatic rings. The first-order valence-electron chi connectivity index (χ1n) is 9.50. The molecule has 1 N–H and O–H groups in total. The predicted octanol–water partition coefficient (Wildman–Crippen LogP) is 3.80. The largest absolute Gasteiger partial charge is 0.350 e. The highest BCUT2D eigenvalue weighted by molar-refractivity contribution is 5.89. The van der Waals surface area contributed by atoms with Gasteiger partial charge < -0.3 is 10.2 Å². The number of aliphatic imine (C=N–C) groups is 1. The Labute approximate surface area is 163 Å². The van der Waals surface area contributed by atoms with Crippen LogP contribution in [0.15, 0.2) is 52.7 Å². The smallest absolute Gasteiger partial charge is 0.243 e. The lowest BCUT2D eigenvalue weighted by Crippen LogP contribution is -2.47. The van der Waals surface area contributed by atoms with Crippen LogP contribution < -0.4 is 5.32 Å². The zero-order chi connectivity index (χ0) is 20.6. The lowest BCUT2D eigenvalue weighted by molar-refractivity contribution is -0.141. The summed E-state index contributed by atoms with van der Waals surface area (Å²) in [7, 11) is 0. The Balaban J connectivity index is 2.59. The summed E-state index contributed by atoms with van der Waals surface area (Å²) in [5.41, 5.74) is 3.38. The van der Waals surface area contributed by atoms with Gasteiger partial charge in [-0.1, -0.05) is 39.2 Å². The zero-order valence-electron chi connectivity index (χ0n) is 17.2. The molecule has 1 fully saturated rings. The molecule has 1 aliphatic heterocycles. The van der Waals surface area contributed by atoms with Crippen LogP contribution in [0.2, 0.25) is 0 Å². The van der Waals surface area contributed by atoms with Crippen molar-refractivity contribution in [2.75, 3.05) is 13.1 Å². The van der Waals surface area contributed by atoms with E-state index in [1.54, 1.807) is 4.90 Å². The van der Waals surface area contributed by atoms with Crippen molar-refractivity contribution in [3.63, 3.8) is 0 Å². The number of rotatable bonds is 9. The normalized spacial score (nSPS) is 18.8. The van der Waals surface area contributed by atoms with Crippen LogP contribution in [0.5, 0.6) is 0 Å². The Hall–Kier alpha value is -2.43. The molecule has 0 bridgehead atoms. The van der Waals surface area contributed by atoms with Crippen LogP contribution >= 0.6 is 0 Å². The molecule has 1 saturated heterocycles. The van der Waals surface area contributed by atoms with E-state index in [-0.39, 0.29) is 23.8 Å². The van der Waals surface area contributed by atoms with Crippen molar-refractivity contribution in [3.8, 4) is 0 Å². The highest BCUT2D eigenvalue weighted by Crippen LogP contribution is 2.21. The van der Waals surface area contributed by atoms with Crippen molar-refractivity contribution in [1.29, 1.82) is 0 Å². The third-order valence-corrected chi connectivity index (χ3v) is 5.14. The monoisotopic (exact) mass is 371 g/mol. The third-order valence-electron chi connectivity index (χ3n) is 5.14. The summed E-state index contributed by atoms with van der Waals surface area (Å²) in [5, 5.41) is 2.90. The van der Waals surface area contributed by atoms with Crippen molar-refractivity contribution in [1.82, 2.24) is 10.2 Å². The van der Waals surface area contributed by atoms with Gasteiger partial charge in [0.25, 0.3) is 0 Å². The number of amides is 2. The standard InChI is InChI=1S/C22H33N3O2/c1-8-16(3)22(27)25-13-9-10-20(25)21(26)24-14-15(2)11-12-17(4)18(5)19(6)23-7/h11-12,16,20H,2,4,7-10,13-14H2,1,3,5-6H3,(H,24,26). The zero-order valence-corrected chi connectivity index (χ0v) is 17.2. The van der Waals surface area contributed by atoms with Crippen molar-refractivity contribution in [3.05, 3.63) is 47.7 Å². The Morgan fingerprint density at radius 1 is 1.30 bits per heavy atom. The molecule has 27 heavy (non-hydrogen) atoms. The molecule has 1 rings (SSSR count). The van der Waals surface area contributed by atoms with E-state index in [2.05, 4.69) is 30.2 Å². The minimum absolute atomic E-state index is 0.0490. The first-order valence-corrected chi connectivity index (χ1v) is 9.50. The van der Waals surface area contributed by atoms with E-state index in [0.29, 0.717) is 19.5 Å². The fourth-order valence-corrected chi connectivity index (χ4v) is 2.83. The molecule has 1 heterocycles. The Morgan fingerprint density at radius 3 is 2.56 bits per heavy atom. The lowest BCUT2D eigenvalue weighted by atomic mass is 10.1. The Bertz CT molecular complexity index is 673. The molecule has 0 radical (unpaired) electrons. The summed E-state index contributed by atoms with van der Waals surface area (Å²) >= 11 is 0. The first kappa shape index (κ1) is 22.6. The van der Waals surface area contributed by atoms with Crippen molar-refractivity contribution >= 4 is 18.5 Å². The highest BCUT2D eigenvalue weighted by Gasteiger charge is 2.35. The summed E-state index contributed by atoms with van der Waals surface area (Å²) in [5.74, 6) is -0.0916. The summed E-state index contributed by atoms with van der Waals surface area (Å²) in [6.07, 6.45) is 6.05. The SMILES string of the molecule is C=NC(C)=C(C)C(=C)C=CC(=C)CNC(=O)C1CCCN1C(=O)C(C)CC. The quantitative estimate of drug-likeness (QED) is 0.495. The first-order chi connectivity index (χ1) is 12.7. The average Bonchev–Trinajstić information content (AvgIpc) is 3.17. The van der Waals surface area contributed by atoms with E-state index in [4.69, 9.17) is 0 Å². The summed E-state index contributed by atoms with van der Waals surface area (Å²) < 4.78 is 0. The number of hydrogen-bond acceptors (Lipinski definition) is 3. The minimum atomic E-state index is -0.371. The van der Waals surface area contributed by atoms with E-state index in [1.165, 1.54) is 0 Å². The average molecular weight is 372 g/mol. The predicted molar refractivity (Wildman–Crippen MR) is 113 cm³/mol. The molecule has 2 unspecified atom stereocenters. The van der Waals surface area contributed by atoms with E-state index in [9.17, 15) is 9.59 Å². The Kier molecular flexibility index (Phi) is 8.92. The molecular weight excluding hydrogens is 338 g/mol. The van der Waals surface area contributed by atoms with Gasteiger partial charge in [0.1, 0.15) is 6.04 Å². The maximum atomic E-state index is 12.5. The van der Waals surface area contributed by atoms with Gasteiger partial charge in [-0.3, -0.25) is 14.6 Å². The molecule has 0 spiro atoms. The van der Waals surface area contributed by atoms with Crippen molar-refractivity contribution in [2.24, 2.45) is 10.9 Å². The van der Waals surface area contributed by atoms with Gasteiger partial charge in [0, 0.05) is 24.7 Å². The van der Waals surface area contributed by atoms with Gasteiger partial charge in [0.05, 0.1) is 0 Å². The van der Waals surface area contributed by atoms with Crippen LogP contribution in [-0.4, -0.2) is 42.6 Å². The van der Waals surface area contributed by atoms with Crippen LogP contribution in [0.25, 0.3) is 0 Å².